The number of furan rings is 1. The zero-order valence-electron chi connectivity index (χ0n) is 9.25. The molecule has 0 saturated carbocycles. The predicted molar refractivity (Wildman–Crippen MR) is 62.7 cm³/mol. The molecule has 0 saturated heterocycles. The number of aryl methyl sites for hydroxylation is 1. The van der Waals surface area contributed by atoms with Crippen LogP contribution in [-0.4, -0.2) is 17.1 Å². The minimum Gasteiger partial charge on any atom is -0.469 e. The molecule has 86 valence electrons. The molecule has 0 aliphatic carbocycles. The maximum absolute atomic E-state index is 11.6. The molecular weight excluding hydrogens is 218 g/mol. The summed E-state index contributed by atoms with van der Waals surface area (Å²) in [6, 6.07) is 5.18. The third-order valence-electron chi connectivity index (χ3n) is 2.19. The minimum absolute atomic E-state index is 0.290. The van der Waals surface area contributed by atoms with Gasteiger partial charge >= 0.3 is 0 Å². The van der Waals surface area contributed by atoms with Crippen LogP contribution in [0.15, 0.2) is 46.4 Å². The molecular formula is C12H11N3O2. The largest absolute Gasteiger partial charge is 0.469 e. The highest BCUT2D eigenvalue weighted by molar-refractivity contribution is 5.95. The van der Waals surface area contributed by atoms with Gasteiger partial charge < -0.3 is 4.42 Å². The van der Waals surface area contributed by atoms with Gasteiger partial charge in [0.25, 0.3) is 5.91 Å². The molecule has 0 fully saturated rings. The molecule has 0 radical (unpaired) electrons. The number of hydrazone groups is 1. The molecule has 1 N–H and O–H groups in total. The van der Waals surface area contributed by atoms with E-state index in [0.29, 0.717) is 11.3 Å². The van der Waals surface area contributed by atoms with Crippen LogP contribution < -0.4 is 5.43 Å². The number of pyridine rings is 1. The molecule has 0 aromatic carbocycles. The molecule has 17 heavy (non-hydrogen) atoms. The molecule has 0 spiro atoms. The summed E-state index contributed by atoms with van der Waals surface area (Å²) in [7, 11) is 0. The summed E-state index contributed by atoms with van der Waals surface area (Å²) in [5.41, 5.74) is 3.77. The second-order valence-corrected chi connectivity index (χ2v) is 3.37. The van der Waals surface area contributed by atoms with Gasteiger partial charge in [-0.15, -0.1) is 0 Å². The summed E-state index contributed by atoms with van der Waals surface area (Å²) < 4.78 is 5.03. The van der Waals surface area contributed by atoms with E-state index in [1.807, 2.05) is 0 Å². The van der Waals surface area contributed by atoms with E-state index in [4.69, 9.17) is 4.42 Å². The van der Waals surface area contributed by atoms with Crippen LogP contribution in [-0.2, 0) is 0 Å². The van der Waals surface area contributed by atoms with Crippen molar-refractivity contribution in [3.05, 3.63) is 53.7 Å². The first-order valence-corrected chi connectivity index (χ1v) is 5.05. The fourth-order valence-electron chi connectivity index (χ4n) is 1.30. The van der Waals surface area contributed by atoms with E-state index in [0.717, 1.165) is 5.56 Å². The van der Waals surface area contributed by atoms with Gasteiger partial charge in [-0.05, 0) is 30.7 Å². The summed E-state index contributed by atoms with van der Waals surface area (Å²) in [6.45, 7) is 1.72. The minimum atomic E-state index is -0.290. The predicted octanol–water partition coefficient (Wildman–Crippen LogP) is 1.75. The molecule has 0 aliphatic rings. The summed E-state index contributed by atoms with van der Waals surface area (Å²) in [4.78, 5) is 15.5. The monoisotopic (exact) mass is 229 g/mol. The first kappa shape index (κ1) is 11.1. The molecule has 0 atom stereocenters. The van der Waals surface area contributed by atoms with Crippen LogP contribution in [0.3, 0.4) is 0 Å². The number of nitrogens with one attached hydrogen (secondary N) is 1. The molecule has 2 aromatic heterocycles. The average molecular weight is 229 g/mol. The van der Waals surface area contributed by atoms with Gasteiger partial charge in [0.05, 0.1) is 18.0 Å². The highest BCUT2D eigenvalue weighted by atomic mass is 16.3. The molecule has 2 rings (SSSR count). The van der Waals surface area contributed by atoms with E-state index in [1.54, 1.807) is 43.7 Å². The van der Waals surface area contributed by atoms with Gasteiger partial charge in [0.1, 0.15) is 5.76 Å². The molecule has 5 nitrogen and oxygen atoms in total. The molecule has 0 aliphatic heterocycles. The van der Waals surface area contributed by atoms with Gasteiger partial charge in [0.15, 0.2) is 0 Å². The van der Waals surface area contributed by atoms with E-state index in [2.05, 4.69) is 15.5 Å². The van der Waals surface area contributed by atoms with Gasteiger partial charge in [0.2, 0.25) is 0 Å². The number of rotatable bonds is 3. The number of carbonyl (C=O) groups is 1. The Morgan fingerprint density at radius 3 is 2.82 bits per heavy atom. The number of hydrogen-bond acceptors (Lipinski definition) is 4. The van der Waals surface area contributed by atoms with Crippen molar-refractivity contribution in [2.45, 2.75) is 6.92 Å². The van der Waals surface area contributed by atoms with Crippen molar-refractivity contribution >= 4 is 12.1 Å². The number of carbonyl (C=O) groups excluding carboxylic acids is 1. The van der Waals surface area contributed by atoms with Crippen LogP contribution >= 0.6 is 0 Å². The van der Waals surface area contributed by atoms with Gasteiger partial charge in [-0.3, -0.25) is 9.78 Å². The summed E-state index contributed by atoms with van der Waals surface area (Å²) in [5, 5.41) is 3.84. The van der Waals surface area contributed by atoms with Crippen molar-refractivity contribution in [3.63, 3.8) is 0 Å². The quantitative estimate of drug-likeness (QED) is 0.644. The fraction of sp³-hybridized carbons (Fsp3) is 0.0833. The van der Waals surface area contributed by atoms with Crippen molar-refractivity contribution in [3.8, 4) is 0 Å². The number of amides is 1. The Balaban J connectivity index is 1.98. The molecule has 0 bridgehead atoms. The van der Waals surface area contributed by atoms with Crippen molar-refractivity contribution in [2.75, 3.05) is 0 Å². The molecule has 5 heteroatoms. The second-order valence-electron chi connectivity index (χ2n) is 3.37. The lowest BCUT2D eigenvalue weighted by Crippen LogP contribution is -2.17. The van der Waals surface area contributed by atoms with Crippen LogP contribution in [0.25, 0.3) is 0 Å². The van der Waals surface area contributed by atoms with Crippen LogP contribution in [0.5, 0.6) is 0 Å². The van der Waals surface area contributed by atoms with Crippen LogP contribution in [0.2, 0.25) is 0 Å². The van der Waals surface area contributed by atoms with E-state index in [1.165, 1.54) is 6.26 Å². The Labute approximate surface area is 98.2 Å². The topological polar surface area (TPSA) is 67.5 Å². The zero-order valence-corrected chi connectivity index (χ0v) is 9.25. The summed E-state index contributed by atoms with van der Waals surface area (Å²) in [5.74, 6) is 0.281. The van der Waals surface area contributed by atoms with E-state index in [9.17, 15) is 4.79 Å². The first-order chi connectivity index (χ1) is 8.27. The highest BCUT2D eigenvalue weighted by Crippen LogP contribution is 2.07. The lowest BCUT2D eigenvalue weighted by molar-refractivity contribution is 0.0953. The van der Waals surface area contributed by atoms with Gasteiger partial charge in [-0.1, -0.05) is 0 Å². The fourth-order valence-corrected chi connectivity index (χ4v) is 1.30. The van der Waals surface area contributed by atoms with Gasteiger partial charge in [-0.2, -0.15) is 5.10 Å². The maximum Gasteiger partial charge on any atom is 0.274 e. The van der Waals surface area contributed by atoms with Crippen LogP contribution in [0.4, 0.5) is 0 Å². The van der Waals surface area contributed by atoms with Crippen molar-refractivity contribution in [1.82, 2.24) is 10.4 Å². The standard InChI is InChI=1S/C12H11N3O2/c1-9-11(4-7-17-9)12(16)15-14-8-10-2-5-13-6-3-10/h2-8H,1H3,(H,15,16)/b14-8+. The second kappa shape index (κ2) is 5.07. The van der Waals surface area contributed by atoms with Crippen LogP contribution in [0, 0.1) is 6.92 Å². The molecule has 0 unspecified atom stereocenters. The van der Waals surface area contributed by atoms with E-state index >= 15 is 0 Å². The maximum atomic E-state index is 11.6. The van der Waals surface area contributed by atoms with Gasteiger partial charge in [0, 0.05) is 12.4 Å². The Bertz CT molecular complexity index is 532. The number of nitrogens with zero attached hydrogens (tertiary/aromatic N) is 2. The Hall–Kier alpha value is -2.43. The Morgan fingerprint density at radius 1 is 1.41 bits per heavy atom. The lowest BCUT2D eigenvalue weighted by Gasteiger charge is -1.97. The third-order valence-corrected chi connectivity index (χ3v) is 2.19. The van der Waals surface area contributed by atoms with Crippen LogP contribution in [0.1, 0.15) is 21.7 Å². The molecule has 2 aromatic rings. The number of hydrogen-bond donors (Lipinski definition) is 1. The van der Waals surface area contributed by atoms with Gasteiger partial charge in [-0.25, -0.2) is 5.43 Å². The van der Waals surface area contributed by atoms with Crippen molar-refractivity contribution in [2.24, 2.45) is 5.10 Å². The Morgan fingerprint density at radius 2 is 2.18 bits per heavy atom. The lowest BCUT2D eigenvalue weighted by atomic mass is 10.2. The summed E-state index contributed by atoms with van der Waals surface area (Å²) in [6.07, 6.45) is 6.33. The Kier molecular flexibility index (Phi) is 3.30. The van der Waals surface area contributed by atoms with Crippen molar-refractivity contribution < 1.29 is 9.21 Å². The average Bonchev–Trinajstić information content (AvgIpc) is 2.77. The normalized spacial score (nSPS) is 10.6. The molecule has 1 amide bonds. The smallest absolute Gasteiger partial charge is 0.274 e. The summed E-state index contributed by atoms with van der Waals surface area (Å²) >= 11 is 0. The van der Waals surface area contributed by atoms with E-state index in [-0.39, 0.29) is 5.91 Å². The first-order valence-electron chi connectivity index (χ1n) is 5.05. The number of aromatic nitrogens is 1. The SMILES string of the molecule is Cc1occc1C(=O)N/N=C/c1ccncc1. The van der Waals surface area contributed by atoms with Crippen molar-refractivity contribution in [1.29, 1.82) is 0 Å². The van der Waals surface area contributed by atoms with E-state index < -0.39 is 0 Å². The zero-order chi connectivity index (χ0) is 12.1. The molecule has 2 heterocycles. The third kappa shape index (κ3) is 2.78. The highest BCUT2D eigenvalue weighted by Gasteiger charge is 2.09.